The summed E-state index contributed by atoms with van der Waals surface area (Å²) in [6.45, 7) is 9.07. The zero-order valence-corrected chi connectivity index (χ0v) is 12.7. The average Bonchev–Trinajstić information content (AvgIpc) is 2.26. The maximum absolute atomic E-state index is 12.0. The monoisotopic (exact) mass is 277 g/mol. The van der Waals surface area contributed by atoms with Gasteiger partial charge in [0.05, 0.1) is 0 Å². The van der Waals surface area contributed by atoms with E-state index in [1.54, 1.807) is 19.1 Å². The summed E-state index contributed by atoms with van der Waals surface area (Å²) in [5.74, 6) is -0.192. The second-order valence-electron chi connectivity index (χ2n) is 5.87. The molecular weight excluding hydrogens is 254 g/mol. The lowest BCUT2D eigenvalue weighted by Gasteiger charge is -2.24. The summed E-state index contributed by atoms with van der Waals surface area (Å²) in [5, 5.41) is 8.74. The van der Waals surface area contributed by atoms with Gasteiger partial charge < -0.3 is 16.0 Å². The van der Waals surface area contributed by atoms with E-state index in [1.807, 2.05) is 32.9 Å². The van der Waals surface area contributed by atoms with Crippen LogP contribution < -0.4 is 16.0 Å². The molecule has 0 saturated heterocycles. The van der Waals surface area contributed by atoms with E-state index < -0.39 is 0 Å². The molecule has 0 radical (unpaired) electrons. The van der Waals surface area contributed by atoms with Crippen LogP contribution in [0.25, 0.3) is 0 Å². The van der Waals surface area contributed by atoms with E-state index >= 15 is 0 Å². The molecule has 5 heteroatoms. The summed E-state index contributed by atoms with van der Waals surface area (Å²) in [5.41, 5.74) is 1.23. The standard InChI is InChI=1S/C15H23N3O2/c1-10(14(20)18-15(3,4)5)16-12-7-6-8-13(9-12)17-11(2)19/h6-10,16H,1-5H3,(H,17,19)(H,18,20). The van der Waals surface area contributed by atoms with E-state index in [9.17, 15) is 9.59 Å². The highest BCUT2D eigenvalue weighted by molar-refractivity contribution is 5.89. The van der Waals surface area contributed by atoms with Gasteiger partial charge in [-0.1, -0.05) is 6.07 Å². The lowest BCUT2D eigenvalue weighted by atomic mass is 10.1. The van der Waals surface area contributed by atoms with Gasteiger partial charge in [0.1, 0.15) is 6.04 Å². The Labute approximate surface area is 120 Å². The van der Waals surface area contributed by atoms with Gasteiger partial charge >= 0.3 is 0 Å². The van der Waals surface area contributed by atoms with Gasteiger partial charge in [-0.25, -0.2) is 0 Å². The molecular formula is C15H23N3O2. The Kier molecular flexibility index (Phi) is 5.13. The molecule has 0 aromatic heterocycles. The Morgan fingerprint density at radius 1 is 1.15 bits per heavy atom. The number of amides is 2. The highest BCUT2D eigenvalue weighted by atomic mass is 16.2. The van der Waals surface area contributed by atoms with E-state index in [0.717, 1.165) is 5.69 Å². The van der Waals surface area contributed by atoms with Crippen LogP contribution in [0, 0.1) is 0 Å². The van der Waals surface area contributed by atoms with Gasteiger partial charge in [-0.3, -0.25) is 9.59 Å². The van der Waals surface area contributed by atoms with Crippen molar-refractivity contribution < 1.29 is 9.59 Å². The smallest absolute Gasteiger partial charge is 0.242 e. The number of carbonyl (C=O) groups excluding carboxylic acids is 2. The second kappa shape index (κ2) is 6.41. The predicted molar refractivity (Wildman–Crippen MR) is 81.7 cm³/mol. The molecule has 0 bridgehead atoms. The van der Waals surface area contributed by atoms with Gasteiger partial charge in [0.25, 0.3) is 0 Å². The van der Waals surface area contributed by atoms with Crippen molar-refractivity contribution in [1.29, 1.82) is 0 Å². The van der Waals surface area contributed by atoms with Crippen molar-refractivity contribution in [1.82, 2.24) is 5.32 Å². The molecule has 2 amide bonds. The molecule has 0 fully saturated rings. The van der Waals surface area contributed by atoms with Crippen molar-refractivity contribution >= 4 is 23.2 Å². The topological polar surface area (TPSA) is 70.2 Å². The molecule has 20 heavy (non-hydrogen) atoms. The van der Waals surface area contributed by atoms with Gasteiger partial charge in [0, 0.05) is 23.8 Å². The first-order valence-electron chi connectivity index (χ1n) is 6.63. The largest absolute Gasteiger partial charge is 0.374 e. The molecule has 1 unspecified atom stereocenters. The number of carbonyl (C=O) groups is 2. The van der Waals surface area contributed by atoms with Crippen molar-refractivity contribution in [3.63, 3.8) is 0 Å². The van der Waals surface area contributed by atoms with Crippen LogP contribution in [0.15, 0.2) is 24.3 Å². The summed E-state index contributed by atoms with van der Waals surface area (Å²) in [7, 11) is 0. The second-order valence-corrected chi connectivity index (χ2v) is 5.87. The van der Waals surface area contributed by atoms with Crippen LogP contribution >= 0.6 is 0 Å². The lowest BCUT2D eigenvalue weighted by molar-refractivity contribution is -0.123. The SMILES string of the molecule is CC(=O)Nc1cccc(NC(C)C(=O)NC(C)(C)C)c1. The zero-order valence-electron chi connectivity index (χ0n) is 12.7. The number of rotatable bonds is 4. The van der Waals surface area contributed by atoms with Gasteiger partial charge in [-0.15, -0.1) is 0 Å². The minimum Gasteiger partial charge on any atom is -0.374 e. The first-order chi connectivity index (χ1) is 9.17. The van der Waals surface area contributed by atoms with Gasteiger partial charge in [0.15, 0.2) is 0 Å². The number of benzene rings is 1. The third-order valence-corrected chi connectivity index (χ3v) is 2.46. The molecule has 5 nitrogen and oxygen atoms in total. The molecule has 1 aromatic rings. The fourth-order valence-electron chi connectivity index (χ4n) is 1.68. The highest BCUT2D eigenvalue weighted by Gasteiger charge is 2.18. The maximum Gasteiger partial charge on any atom is 0.242 e. The van der Waals surface area contributed by atoms with Gasteiger partial charge in [-0.05, 0) is 45.9 Å². The number of hydrogen-bond donors (Lipinski definition) is 3. The van der Waals surface area contributed by atoms with Crippen LogP contribution in [-0.2, 0) is 9.59 Å². The van der Waals surface area contributed by atoms with Gasteiger partial charge in [0.2, 0.25) is 11.8 Å². The summed E-state index contributed by atoms with van der Waals surface area (Å²) < 4.78 is 0. The van der Waals surface area contributed by atoms with Crippen LogP contribution in [0.5, 0.6) is 0 Å². The molecule has 1 atom stereocenters. The first-order valence-corrected chi connectivity index (χ1v) is 6.63. The normalized spacial score (nSPS) is 12.4. The van der Waals surface area contributed by atoms with Gasteiger partial charge in [-0.2, -0.15) is 0 Å². The van der Waals surface area contributed by atoms with Crippen molar-refractivity contribution in [3.8, 4) is 0 Å². The Morgan fingerprint density at radius 2 is 1.75 bits per heavy atom. The molecule has 0 aliphatic carbocycles. The molecule has 0 spiro atoms. The van der Waals surface area contributed by atoms with Crippen LogP contribution in [0.1, 0.15) is 34.6 Å². The van der Waals surface area contributed by atoms with Crippen LogP contribution in [-0.4, -0.2) is 23.4 Å². The number of hydrogen-bond acceptors (Lipinski definition) is 3. The predicted octanol–water partition coefficient (Wildman–Crippen LogP) is 2.36. The Balaban J connectivity index is 2.68. The molecule has 3 N–H and O–H groups in total. The fourth-order valence-corrected chi connectivity index (χ4v) is 1.68. The minimum absolute atomic E-state index is 0.0672. The third-order valence-electron chi connectivity index (χ3n) is 2.46. The Bertz CT molecular complexity index is 492. The molecule has 0 aliphatic heterocycles. The first kappa shape index (κ1) is 16.0. The molecule has 110 valence electrons. The summed E-state index contributed by atoms with van der Waals surface area (Å²) in [6, 6.07) is 6.91. The van der Waals surface area contributed by atoms with E-state index in [-0.39, 0.29) is 23.4 Å². The Hall–Kier alpha value is -2.04. The van der Waals surface area contributed by atoms with Crippen molar-refractivity contribution in [2.75, 3.05) is 10.6 Å². The third kappa shape index (κ3) is 5.73. The highest BCUT2D eigenvalue weighted by Crippen LogP contribution is 2.16. The van der Waals surface area contributed by atoms with E-state index in [2.05, 4.69) is 16.0 Å². The van der Waals surface area contributed by atoms with Crippen LogP contribution in [0.3, 0.4) is 0 Å². The Morgan fingerprint density at radius 3 is 2.30 bits per heavy atom. The fraction of sp³-hybridized carbons (Fsp3) is 0.467. The van der Waals surface area contributed by atoms with Crippen molar-refractivity contribution in [2.45, 2.75) is 46.2 Å². The van der Waals surface area contributed by atoms with Crippen molar-refractivity contribution in [3.05, 3.63) is 24.3 Å². The molecule has 1 aromatic carbocycles. The maximum atomic E-state index is 12.0. The van der Waals surface area contributed by atoms with E-state index in [1.165, 1.54) is 6.92 Å². The quantitative estimate of drug-likeness (QED) is 0.791. The van der Waals surface area contributed by atoms with Crippen LogP contribution in [0.4, 0.5) is 11.4 Å². The summed E-state index contributed by atoms with van der Waals surface area (Å²) >= 11 is 0. The van der Waals surface area contributed by atoms with E-state index in [0.29, 0.717) is 5.69 Å². The van der Waals surface area contributed by atoms with Crippen molar-refractivity contribution in [2.24, 2.45) is 0 Å². The average molecular weight is 277 g/mol. The minimum atomic E-state index is -0.359. The molecule has 1 rings (SSSR count). The molecule has 0 heterocycles. The zero-order chi connectivity index (χ0) is 15.3. The summed E-state index contributed by atoms with van der Waals surface area (Å²) in [4.78, 5) is 23.0. The molecule has 0 saturated carbocycles. The molecule has 0 aliphatic rings. The summed E-state index contributed by atoms with van der Waals surface area (Å²) in [6.07, 6.45) is 0. The number of nitrogens with one attached hydrogen (secondary N) is 3. The lowest BCUT2D eigenvalue weighted by Crippen LogP contribution is -2.47. The number of anilines is 2. The van der Waals surface area contributed by atoms with E-state index in [4.69, 9.17) is 0 Å². The van der Waals surface area contributed by atoms with Crippen LogP contribution in [0.2, 0.25) is 0 Å².